The first-order valence-electron chi connectivity index (χ1n) is 9.62. The number of aryl methyl sites for hydroxylation is 3. The highest BCUT2D eigenvalue weighted by atomic mass is 32.2. The number of hydrogen-bond acceptors (Lipinski definition) is 3. The Labute approximate surface area is 167 Å². The van der Waals surface area contributed by atoms with Crippen LogP contribution in [0.25, 0.3) is 0 Å². The fourth-order valence-electron chi connectivity index (χ4n) is 3.47. The number of carbonyl (C=O) groups is 1. The van der Waals surface area contributed by atoms with Crippen LogP contribution in [-0.2, 0) is 26.7 Å². The van der Waals surface area contributed by atoms with E-state index in [0.29, 0.717) is 12.2 Å². The Morgan fingerprint density at radius 2 is 1.71 bits per heavy atom. The van der Waals surface area contributed by atoms with Gasteiger partial charge in [0.2, 0.25) is 15.9 Å². The monoisotopic (exact) mass is 400 g/mol. The first-order chi connectivity index (χ1) is 13.2. The van der Waals surface area contributed by atoms with Crippen LogP contribution in [0.5, 0.6) is 0 Å². The molecule has 3 rings (SSSR count). The van der Waals surface area contributed by atoms with Gasteiger partial charge in [-0.2, -0.15) is 0 Å². The van der Waals surface area contributed by atoms with Crippen molar-refractivity contribution in [2.24, 2.45) is 0 Å². The average Bonchev–Trinajstić information content (AvgIpc) is 3.43. The minimum atomic E-state index is -3.30. The first kappa shape index (κ1) is 20.4. The third kappa shape index (κ3) is 4.93. The lowest BCUT2D eigenvalue weighted by Crippen LogP contribution is -2.35. The molecule has 1 aliphatic rings. The number of hydrogen-bond donors (Lipinski definition) is 2. The van der Waals surface area contributed by atoms with Crippen LogP contribution in [0, 0.1) is 13.8 Å². The van der Waals surface area contributed by atoms with E-state index in [1.165, 1.54) is 16.7 Å². The highest BCUT2D eigenvalue weighted by Gasteiger charge is 2.50. The minimum Gasteiger partial charge on any atom is -0.355 e. The second kappa shape index (κ2) is 7.95. The maximum Gasteiger partial charge on any atom is 0.230 e. The molecule has 0 aliphatic heterocycles. The Bertz CT molecular complexity index is 962. The van der Waals surface area contributed by atoms with Crippen molar-refractivity contribution in [3.63, 3.8) is 0 Å². The molecular weight excluding hydrogens is 372 g/mol. The van der Waals surface area contributed by atoms with Crippen LogP contribution in [0.3, 0.4) is 0 Å². The molecule has 2 aromatic carbocycles. The van der Waals surface area contributed by atoms with E-state index in [1.54, 1.807) is 12.1 Å². The van der Waals surface area contributed by atoms with Gasteiger partial charge in [0, 0.05) is 12.2 Å². The van der Waals surface area contributed by atoms with Crippen molar-refractivity contribution < 1.29 is 13.2 Å². The molecule has 28 heavy (non-hydrogen) atoms. The zero-order chi connectivity index (χ0) is 20.4. The van der Waals surface area contributed by atoms with Gasteiger partial charge in [0.25, 0.3) is 0 Å². The molecule has 0 aromatic heterocycles. The molecule has 0 atom stereocenters. The Morgan fingerprint density at radius 3 is 2.29 bits per heavy atom. The Kier molecular flexibility index (Phi) is 5.79. The minimum absolute atomic E-state index is 0.0661. The summed E-state index contributed by atoms with van der Waals surface area (Å²) in [6, 6.07) is 13.6. The summed E-state index contributed by atoms with van der Waals surface area (Å²) in [5.74, 6) is 0.0661. The quantitative estimate of drug-likeness (QED) is 0.667. The predicted molar refractivity (Wildman–Crippen MR) is 113 cm³/mol. The van der Waals surface area contributed by atoms with Gasteiger partial charge in [0.1, 0.15) is 0 Å². The second-order valence-corrected chi connectivity index (χ2v) is 9.56. The van der Waals surface area contributed by atoms with E-state index < -0.39 is 15.4 Å². The highest BCUT2D eigenvalue weighted by Crippen LogP contribution is 2.48. The maximum atomic E-state index is 12.7. The summed E-state index contributed by atoms with van der Waals surface area (Å²) in [5, 5.41) is 3.08. The smallest absolute Gasteiger partial charge is 0.230 e. The molecule has 0 bridgehead atoms. The van der Waals surface area contributed by atoms with Crippen LogP contribution >= 0.6 is 0 Å². The van der Waals surface area contributed by atoms with Crippen LogP contribution in [0.1, 0.15) is 41.5 Å². The van der Waals surface area contributed by atoms with Gasteiger partial charge in [-0.3, -0.25) is 9.52 Å². The lowest BCUT2D eigenvalue weighted by molar-refractivity contribution is -0.123. The van der Waals surface area contributed by atoms with E-state index in [1.807, 2.05) is 12.1 Å². The van der Waals surface area contributed by atoms with Crippen molar-refractivity contribution in [3.8, 4) is 0 Å². The molecule has 6 heteroatoms. The molecule has 1 fully saturated rings. The van der Waals surface area contributed by atoms with Crippen LogP contribution in [0.2, 0.25) is 0 Å². The molecule has 0 spiro atoms. The molecule has 1 amide bonds. The molecule has 2 N–H and O–H groups in total. The summed E-state index contributed by atoms with van der Waals surface area (Å²) >= 11 is 0. The van der Waals surface area contributed by atoms with Crippen molar-refractivity contribution >= 4 is 21.6 Å². The molecule has 0 unspecified atom stereocenters. The van der Waals surface area contributed by atoms with Crippen molar-refractivity contribution in [3.05, 3.63) is 64.7 Å². The van der Waals surface area contributed by atoms with Gasteiger partial charge in [-0.1, -0.05) is 30.3 Å². The second-order valence-electron chi connectivity index (χ2n) is 7.81. The van der Waals surface area contributed by atoms with Crippen LogP contribution < -0.4 is 10.0 Å². The molecule has 1 saturated carbocycles. The first-order valence-corrected chi connectivity index (χ1v) is 11.5. The van der Waals surface area contributed by atoms with Crippen LogP contribution in [-0.4, -0.2) is 27.1 Å². The van der Waals surface area contributed by atoms with Crippen molar-refractivity contribution in [2.45, 2.75) is 44.9 Å². The molecule has 1 aliphatic carbocycles. The molecule has 150 valence electrons. The maximum absolute atomic E-state index is 12.7. The van der Waals surface area contributed by atoms with Crippen LogP contribution in [0.4, 0.5) is 5.69 Å². The summed E-state index contributed by atoms with van der Waals surface area (Å²) in [6.07, 6.45) is 4.63. The summed E-state index contributed by atoms with van der Waals surface area (Å²) in [5.41, 5.74) is 4.89. The number of carbonyl (C=O) groups excluding carboxylic acids is 1. The van der Waals surface area contributed by atoms with Gasteiger partial charge in [-0.05, 0) is 73.9 Å². The molecule has 0 radical (unpaired) electrons. The molecule has 0 saturated heterocycles. The third-order valence-electron chi connectivity index (χ3n) is 5.42. The van der Waals surface area contributed by atoms with E-state index in [0.717, 1.165) is 37.5 Å². The number of benzene rings is 2. The summed E-state index contributed by atoms with van der Waals surface area (Å²) < 4.78 is 25.1. The fourth-order valence-corrected chi connectivity index (χ4v) is 4.03. The van der Waals surface area contributed by atoms with Crippen molar-refractivity contribution in [1.29, 1.82) is 0 Å². The summed E-state index contributed by atoms with van der Waals surface area (Å²) in [6.45, 7) is 4.88. The third-order valence-corrected chi connectivity index (χ3v) is 6.03. The fraction of sp³-hybridized carbons (Fsp3) is 0.409. The lowest BCUT2D eigenvalue weighted by atomic mass is 9.94. The number of anilines is 1. The number of amides is 1. The average molecular weight is 401 g/mol. The van der Waals surface area contributed by atoms with E-state index in [-0.39, 0.29) is 5.91 Å². The van der Waals surface area contributed by atoms with Gasteiger partial charge < -0.3 is 5.32 Å². The Hall–Kier alpha value is -2.34. The molecule has 0 heterocycles. The Balaban J connectivity index is 1.53. The standard InChI is InChI=1S/C22H28N2O3S/c1-16-6-7-18(15-17(16)2)5-4-14-23-21(25)22(12-13-22)19-8-10-20(11-9-19)24-28(3,26)27/h6-11,15,24H,4-5,12-14H2,1-3H3,(H,23,25). The predicted octanol–water partition coefficient (Wildman–Crippen LogP) is 3.46. The summed E-state index contributed by atoms with van der Waals surface area (Å²) in [7, 11) is -3.30. The topological polar surface area (TPSA) is 75.3 Å². The zero-order valence-corrected chi connectivity index (χ0v) is 17.5. The molecule has 2 aromatic rings. The normalized spacial score (nSPS) is 15.1. The molecule has 5 nitrogen and oxygen atoms in total. The van der Waals surface area contributed by atoms with E-state index in [9.17, 15) is 13.2 Å². The van der Waals surface area contributed by atoms with Gasteiger partial charge in [-0.15, -0.1) is 0 Å². The molecular formula is C22H28N2O3S. The van der Waals surface area contributed by atoms with Gasteiger partial charge in [0.05, 0.1) is 11.7 Å². The number of rotatable bonds is 8. The number of sulfonamides is 1. The van der Waals surface area contributed by atoms with E-state index in [4.69, 9.17) is 0 Å². The highest BCUT2D eigenvalue weighted by molar-refractivity contribution is 7.92. The summed E-state index contributed by atoms with van der Waals surface area (Å²) in [4.78, 5) is 12.7. The largest absolute Gasteiger partial charge is 0.355 e. The zero-order valence-electron chi connectivity index (χ0n) is 16.7. The SMILES string of the molecule is Cc1ccc(CCCNC(=O)C2(c3ccc(NS(C)(=O)=O)cc3)CC2)cc1C. The Morgan fingerprint density at radius 1 is 1.04 bits per heavy atom. The van der Waals surface area contributed by atoms with E-state index in [2.05, 4.69) is 42.1 Å². The van der Waals surface area contributed by atoms with Gasteiger partial charge in [-0.25, -0.2) is 8.42 Å². The van der Waals surface area contributed by atoms with E-state index >= 15 is 0 Å². The van der Waals surface area contributed by atoms with Crippen LogP contribution in [0.15, 0.2) is 42.5 Å². The van der Waals surface area contributed by atoms with Crippen molar-refractivity contribution in [2.75, 3.05) is 17.5 Å². The van der Waals surface area contributed by atoms with Gasteiger partial charge >= 0.3 is 0 Å². The number of nitrogens with one attached hydrogen (secondary N) is 2. The van der Waals surface area contributed by atoms with Crippen molar-refractivity contribution in [1.82, 2.24) is 5.32 Å². The van der Waals surface area contributed by atoms with Gasteiger partial charge in [0.15, 0.2) is 0 Å². The lowest BCUT2D eigenvalue weighted by Gasteiger charge is -2.16.